The minimum atomic E-state index is -0.156. The quantitative estimate of drug-likeness (QED) is 0.723. The van der Waals surface area contributed by atoms with Crippen LogP contribution in [-0.2, 0) is 0 Å². The molecule has 0 N–H and O–H groups in total. The summed E-state index contributed by atoms with van der Waals surface area (Å²) in [4.78, 5) is 0. The van der Waals surface area contributed by atoms with Gasteiger partial charge in [0.2, 0.25) is 0 Å². The van der Waals surface area contributed by atoms with E-state index in [4.69, 9.17) is 0 Å². The molecule has 1 aromatic rings. The largest absolute Gasteiger partial charge is 0.506 e. The van der Waals surface area contributed by atoms with E-state index in [1.165, 1.54) is 42.2 Å². The first kappa shape index (κ1) is 13.9. The minimum Gasteiger partial charge on any atom is -0.296 e. The summed E-state index contributed by atoms with van der Waals surface area (Å²) in [5, 5.41) is 0. The van der Waals surface area contributed by atoms with Gasteiger partial charge in [-0.25, -0.2) is 0 Å². The number of rotatable bonds is 4. The van der Waals surface area contributed by atoms with Crippen LogP contribution >= 0.6 is 12.9 Å². The Morgan fingerprint density at radius 2 is 1.76 bits per heavy atom. The zero-order valence-electron chi connectivity index (χ0n) is 10.8. The van der Waals surface area contributed by atoms with Gasteiger partial charge in [0.25, 0.3) is 0 Å². The van der Waals surface area contributed by atoms with Gasteiger partial charge in [-0.3, -0.25) is 12.9 Å². The van der Waals surface area contributed by atoms with E-state index in [0.717, 1.165) is 11.8 Å². The molecule has 0 aromatic heterocycles. The summed E-state index contributed by atoms with van der Waals surface area (Å²) in [6.07, 6.45) is 8.53. The lowest BCUT2D eigenvalue weighted by Gasteiger charge is -2.28. The molecule has 90 valence electrons. The fourth-order valence-corrected chi connectivity index (χ4v) is 4.61. The molecule has 0 spiro atoms. The Hall–Kier alpha value is 0.466. The predicted octanol–water partition coefficient (Wildman–Crippen LogP) is 4.40. The van der Waals surface area contributed by atoms with Crippen molar-refractivity contribution >= 4 is 34.8 Å². The molecule has 0 heterocycles. The van der Waals surface area contributed by atoms with Gasteiger partial charge in [-0.1, -0.05) is 44.0 Å². The van der Waals surface area contributed by atoms with Gasteiger partial charge in [-0.05, 0) is 43.1 Å². The summed E-state index contributed by atoms with van der Waals surface area (Å²) in [6.45, 7) is 2.31. The van der Waals surface area contributed by atoms with E-state index in [2.05, 4.69) is 44.1 Å². The van der Waals surface area contributed by atoms with Gasteiger partial charge >= 0.3 is 18.2 Å². The van der Waals surface area contributed by atoms with Crippen molar-refractivity contribution in [2.24, 2.45) is 5.92 Å². The molecule has 1 aliphatic carbocycles. The first-order valence-corrected chi connectivity index (χ1v) is 11.6. The number of benzene rings is 1. The Balaban J connectivity index is 1.91. The van der Waals surface area contributed by atoms with Crippen molar-refractivity contribution in [2.45, 2.75) is 51.4 Å². The third-order valence-corrected chi connectivity index (χ3v) is 6.87. The predicted molar refractivity (Wildman–Crippen MR) is 80.4 cm³/mol. The minimum absolute atomic E-state index is 0.156. The van der Waals surface area contributed by atoms with Crippen LogP contribution in [0, 0.1) is 5.92 Å². The van der Waals surface area contributed by atoms with E-state index in [9.17, 15) is 0 Å². The smallest absolute Gasteiger partial charge is 0.296 e. The van der Waals surface area contributed by atoms with E-state index in [1.54, 1.807) is 5.56 Å². The Morgan fingerprint density at radius 1 is 1.12 bits per heavy atom. The average molecular weight is 306 g/mol. The Morgan fingerprint density at radius 3 is 2.29 bits per heavy atom. The van der Waals surface area contributed by atoms with Crippen LogP contribution in [0.4, 0.5) is 0 Å². The lowest BCUT2D eigenvalue weighted by molar-refractivity contribution is 0.308. The highest BCUT2D eigenvalue weighted by atomic mass is 79.9. The van der Waals surface area contributed by atoms with Crippen LogP contribution in [-0.4, -0.2) is 18.2 Å². The first-order chi connectivity index (χ1) is 8.33. The molecular formula is C15H21BrMg. The van der Waals surface area contributed by atoms with Gasteiger partial charge in [-0.2, -0.15) is 3.69 Å². The molecule has 0 atom stereocenters. The molecule has 1 aliphatic rings. The monoisotopic (exact) mass is 304 g/mol. The molecule has 0 aliphatic heterocycles. The molecule has 1 saturated carbocycles. The SMILES string of the molecule is CCCC1CCC(c2cc[c]([Mg][Br])cc2)CC1. The first-order valence-electron chi connectivity index (χ1n) is 6.98. The topological polar surface area (TPSA) is 0 Å². The standard InChI is InChI=1S/C15H21.BrH.Mg/c1-2-6-13-9-11-15(12-10-13)14-7-4-3-5-8-14;;/h4-5,7-8,13,15H,2,6,9-12H2,1H3;1H;/q;;+1/p-1. The maximum absolute atomic E-state index is 3.64. The normalized spacial score (nSPS) is 24.4. The van der Waals surface area contributed by atoms with E-state index in [1.807, 2.05) is 0 Å². The maximum atomic E-state index is 3.64. The number of hydrogen-bond acceptors (Lipinski definition) is 0. The molecule has 1 aromatic carbocycles. The summed E-state index contributed by atoms with van der Waals surface area (Å²) in [6, 6.07) is 9.39. The number of hydrogen-bond donors (Lipinski definition) is 0. The molecule has 17 heavy (non-hydrogen) atoms. The Bertz CT molecular complexity index is 325. The van der Waals surface area contributed by atoms with Gasteiger partial charge in [0.15, 0.2) is 0 Å². The molecule has 1 fully saturated rings. The van der Waals surface area contributed by atoms with Crippen LogP contribution in [0.1, 0.15) is 56.9 Å². The summed E-state index contributed by atoms with van der Waals surface area (Å²) in [5.74, 6) is 1.86. The van der Waals surface area contributed by atoms with Crippen LogP contribution in [0.25, 0.3) is 0 Å². The van der Waals surface area contributed by atoms with Crippen molar-refractivity contribution < 1.29 is 0 Å². The Kier molecular flexibility index (Phi) is 5.84. The second-order valence-corrected chi connectivity index (χ2v) is 8.15. The third kappa shape index (κ3) is 3.97. The van der Waals surface area contributed by atoms with Crippen molar-refractivity contribution in [1.82, 2.24) is 0 Å². The van der Waals surface area contributed by atoms with Crippen molar-refractivity contribution in [1.29, 1.82) is 0 Å². The van der Waals surface area contributed by atoms with Crippen LogP contribution in [0.15, 0.2) is 24.3 Å². The van der Waals surface area contributed by atoms with E-state index in [0.29, 0.717) is 0 Å². The Labute approximate surface area is 121 Å². The molecule has 0 unspecified atom stereocenters. The van der Waals surface area contributed by atoms with Crippen molar-refractivity contribution in [2.75, 3.05) is 0 Å². The summed E-state index contributed by atoms with van der Waals surface area (Å²) in [5.41, 5.74) is 1.58. The molecule has 0 saturated heterocycles. The highest BCUT2D eigenvalue weighted by Gasteiger charge is 2.21. The van der Waals surface area contributed by atoms with Crippen LogP contribution in [0.5, 0.6) is 0 Å². The van der Waals surface area contributed by atoms with E-state index >= 15 is 0 Å². The molecule has 0 bridgehead atoms. The van der Waals surface area contributed by atoms with Crippen LogP contribution < -0.4 is 3.69 Å². The fraction of sp³-hybridized carbons (Fsp3) is 0.600. The van der Waals surface area contributed by atoms with E-state index in [-0.39, 0.29) is 18.2 Å². The van der Waals surface area contributed by atoms with Crippen molar-refractivity contribution in [3.05, 3.63) is 29.8 Å². The second-order valence-electron chi connectivity index (χ2n) is 5.38. The average Bonchev–Trinajstić information content (AvgIpc) is 2.40. The fourth-order valence-electron chi connectivity index (χ4n) is 3.07. The van der Waals surface area contributed by atoms with Gasteiger partial charge in [0, 0.05) is 0 Å². The van der Waals surface area contributed by atoms with Crippen molar-refractivity contribution in [3.8, 4) is 0 Å². The number of halogens is 1. The third-order valence-electron chi connectivity index (χ3n) is 4.15. The molecule has 0 amide bonds. The maximum Gasteiger partial charge on any atom is 0.506 e. The second kappa shape index (κ2) is 7.15. The van der Waals surface area contributed by atoms with Crippen molar-refractivity contribution in [3.63, 3.8) is 0 Å². The van der Waals surface area contributed by atoms with Gasteiger partial charge < -0.3 is 0 Å². The lowest BCUT2D eigenvalue weighted by Crippen LogP contribution is -2.14. The molecular weight excluding hydrogens is 284 g/mol. The highest BCUT2D eigenvalue weighted by molar-refractivity contribution is 9.23. The highest BCUT2D eigenvalue weighted by Crippen LogP contribution is 2.37. The van der Waals surface area contributed by atoms with Gasteiger partial charge in [0.05, 0.1) is 0 Å². The zero-order valence-corrected chi connectivity index (χ0v) is 13.8. The molecule has 0 radical (unpaired) electrons. The van der Waals surface area contributed by atoms with E-state index < -0.39 is 0 Å². The van der Waals surface area contributed by atoms with Gasteiger partial charge in [-0.15, -0.1) is 0 Å². The van der Waals surface area contributed by atoms with Gasteiger partial charge in [0.1, 0.15) is 0 Å². The molecule has 2 rings (SSSR count). The summed E-state index contributed by atoms with van der Waals surface area (Å²) >= 11 is 3.49. The van der Waals surface area contributed by atoms with Crippen LogP contribution in [0.2, 0.25) is 0 Å². The summed E-state index contributed by atoms with van der Waals surface area (Å²) in [7, 11) is 0. The zero-order chi connectivity index (χ0) is 12.1. The molecule has 0 nitrogen and oxygen atoms in total. The lowest BCUT2D eigenvalue weighted by atomic mass is 9.77. The molecule has 2 heteroatoms. The summed E-state index contributed by atoms with van der Waals surface area (Å²) < 4.78 is 1.52. The van der Waals surface area contributed by atoms with Crippen LogP contribution in [0.3, 0.4) is 0 Å².